The minimum absolute atomic E-state index is 0.0894. The van der Waals surface area contributed by atoms with Gasteiger partial charge in [-0.05, 0) is 34.7 Å². The van der Waals surface area contributed by atoms with E-state index in [1.54, 1.807) is 13.1 Å². The van der Waals surface area contributed by atoms with Crippen LogP contribution in [0.5, 0.6) is 11.6 Å². The third-order valence-electron chi connectivity index (χ3n) is 1.98. The average molecular weight is 345 g/mol. The summed E-state index contributed by atoms with van der Waals surface area (Å²) in [5.74, 6) is 0.192. The van der Waals surface area contributed by atoms with Crippen LogP contribution in [0.4, 0.5) is 10.3 Å². The van der Waals surface area contributed by atoms with Crippen LogP contribution in [0.3, 0.4) is 0 Å². The maximum Gasteiger partial charge on any atom is 0.260 e. The molecule has 0 aliphatic rings. The lowest BCUT2D eigenvalue weighted by molar-refractivity contribution is 0.418. The number of hydrogen-bond donors (Lipinski definition) is 1. The van der Waals surface area contributed by atoms with Crippen LogP contribution in [0, 0.1) is 9.39 Å². The van der Waals surface area contributed by atoms with Crippen LogP contribution in [0.15, 0.2) is 30.5 Å². The zero-order valence-corrected chi connectivity index (χ0v) is 11.1. The van der Waals surface area contributed by atoms with Gasteiger partial charge in [-0.25, -0.2) is 4.98 Å². The molecule has 0 radical (unpaired) electrons. The number of nitrogens with one attached hydrogen (secondary N) is 1. The van der Waals surface area contributed by atoms with E-state index in [4.69, 9.17) is 4.74 Å². The normalized spacial score (nSPS) is 10.1. The highest BCUT2D eigenvalue weighted by Gasteiger charge is 2.10. The van der Waals surface area contributed by atoms with Gasteiger partial charge in [0.15, 0.2) is 0 Å². The molecule has 0 amide bonds. The molecule has 1 aromatic heterocycles. The summed E-state index contributed by atoms with van der Waals surface area (Å²) >= 11 is 2.11. The second-order valence-corrected chi connectivity index (χ2v) is 4.29. The van der Waals surface area contributed by atoms with Crippen LogP contribution in [0.1, 0.15) is 0 Å². The fourth-order valence-electron chi connectivity index (χ4n) is 1.18. The maximum absolute atomic E-state index is 13.4. The lowest BCUT2D eigenvalue weighted by Crippen LogP contribution is -2.00. The van der Waals surface area contributed by atoms with Crippen molar-refractivity contribution in [3.8, 4) is 11.6 Å². The van der Waals surface area contributed by atoms with Crippen molar-refractivity contribution in [2.45, 2.75) is 0 Å². The van der Waals surface area contributed by atoms with Crippen molar-refractivity contribution in [1.82, 2.24) is 9.97 Å². The van der Waals surface area contributed by atoms with Crippen LogP contribution < -0.4 is 10.1 Å². The fraction of sp³-hybridized carbons (Fsp3) is 0.0909. The number of rotatable bonds is 3. The Morgan fingerprint density at radius 2 is 2.12 bits per heavy atom. The van der Waals surface area contributed by atoms with Crippen molar-refractivity contribution in [2.24, 2.45) is 0 Å². The van der Waals surface area contributed by atoms with Gasteiger partial charge in [0.05, 0.1) is 9.77 Å². The Morgan fingerprint density at radius 1 is 1.35 bits per heavy atom. The number of anilines is 1. The molecule has 0 aliphatic heterocycles. The van der Waals surface area contributed by atoms with E-state index < -0.39 is 5.82 Å². The summed E-state index contributed by atoms with van der Waals surface area (Å²) in [6.07, 6.45) is 1.07. The van der Waals surface area contributed by atoms with Gasteiger partial charge in [-0.2, -0.15) is 9.37 Å². The molecule has 0 bridgehead atoms. The number of benzene rings is 1. The standard InChI is InChI=1S/C11H9FIN3O/c1-14-11-15-6-7(12)10(16-11)17-9-5-3-2-4-8(9)13/h2-6H,1H3,(H,14,15,16). The van der Waals surface area contributed by atoms with Crippen LogP contribution in [-0.2, 0) is 0 Å². The first kappa shape index (κ1) is 12.0. The average Bonchev–Trinajstić information content (AvgIpc) is 2.35. The maximum atomic E-state index is 13.4. The van der Waals surface area contributed by atoms with Crippen molar-refractivity contribution in [3.05, 3.63) is 39.8 Å². The summed E-state index contributed by atoms with van der Waals surface area (Å²) in [6, 6.07) is 7.32. The van der Waals surface area contributed by atoms with E-state index in [-0.39, 0.29) is 5.88 Å². The van der Waals surface area contributed by atoms with Crippen LogP contribution >= 0.6 is 22.6 Å². The summed E-state index contributed by atoms with van der Waals surface area (Å²) < 4.78 is 19.7. The van der Waals surface area contributed by atoms with Crippen LogP contribution in [-0.4, -0.2) is 17.0 Å². The predicted octanol–water partition coefficient (Wildman–Crippen LogP) is 3.05. The van der Waals surface area contributed by atoms with E-state index >= 15 is 0 Å². The van der Waals surface area contributed by atoms with Crippen molar-refractivity contribution < 1.29 is 9.13 Å². The van der Waals surface area contributed by atoms with Gasteiger partial charge < -0.3 is 10.1 Å². The molecule has 0 aliphatic carbocycles. The number of para-hydroxylation sites is 1. The molecule has 0 unspecified atom stereocenters. The van der Waals surface area contributed by atoms with Gasteiger partial charge in [-0.3, -0.25) is 0 Å². The van der Waals surface area contributed by atoms with Crippen molar-refractivity contribution in [1.29, 1.82) is 0 Å². The quantitative estimate of drug-likeness (QED) is 0.869. The van der Waals surface area contributed by atoms with E-state index in [0.717, 1.165) is 9.77 Å². The van der Waals surface area contributed by atoms with E-state index in [2.05, 4.69) is 37.9 Å². The summed E-state index contributed by atoms with van der Waals surface area (Å²) in [7, 11) is 1.66. The molecule has 1 aromatic carbocycles. The van der Waals surface area contributed by atoms with E-state index in [9.17, 15) is 4.39 Å². The molecule has 17 heavy (non-hydrogen) atoms. The topological polar surface area (TPSA) is 47.0 Å². The highest BCUT2D eigenvalue weighted by atomic mass is 127. The van der Waals surface area contributed by atoms with Gasteiger partial charge >= 0.3 is 0 Å². The lowest BCUT2D eigenvalue weighted by atomic mass is 10.3. The van der Waals surface area contributed by atoms with Crippen molar-refractivity contribution in [3.63, 3.8) is 0 Å². The third-order valence-corrected chi connectivity index (χ3v) is 2.87. The summed E-state index contributed by atoms with van der Waals surface area (Å²) in [5.41, 5.74) is 0. The second kappa shape index (κ2) is 5.26. The van der Waals surface area contributed by atoms with Crippen LogP contribution in [0.25, 0.3) is 0 Å². The Balaban J connectivity index is 2.32. The van der Waals surface area contributed by atoms with Crippen molar-refractivity contribution >= 4 is 28.5 Å². The van der Waals surface area contributed by atoms with Gasteiger partial charge in [-0.15, -0.1) is 0 Å². The summed E-state index contributed by atoms with van der Waals surface area (Å²) in [5, 5.41) is 2.72. The number of aromatic nitrogens is 2. The first-order valence-electron chi connectivity index (χ1n) is 4.83. The molecule has 0 saturated carbocycles. The minimum atomic E-state index is -0.594. The minimum Gasteiger partial charge on any atom is -0.435 e. The summed E-state index contributed by atoms with van der Waals surface area (Å²) in [4.78, 5) is 7.65. The molecule has 88 valence electrons. The molecular formula is C11H9FIN3O. The van der Waals surface area contributed by atoms with E-state index in [1.165, 1.54) is 0 Å². The van der Waals surface area contributed by atoms with Crippen molar-refractivity contribution in [2.75, 3.05) is 12.4 Å². The summed E-state index contributed by atoms with van der Waals surface area (Å²) in [6.45, 7) is 0. The largest absolute Gasteiger partial charge is 0.435 e. The molecule has 1 heterocycles. The van der Waals surface area contributed by atoms with Gasteiger partial charge in [0.25, 0.3) is 5.88 Å². The van der Waals surface area contributed by atoms with Gasteiger partial charge in [0.1, 0.15) is 5.75 Å². The molecule has 0 fully saturated rings. The molecule has 4 nitrogen and oxygen atoms in total. The van der Waals surface area contributed by atoms with E-state index in [0.29, 0.717) is 11.7 Å². The number of nitrogens with zero attached hydrogens (tertiary/aromatic N) is 2. The molecule has 6 heteroatoms. The Morgan fingerprint density at radius 3 is 2.82 bits per heavy atom. The zero-order valence-electron chi connectivity index (χ0n) is 8.95. The Hall–Kier alpha value is -1.44. The van der Waals surface area contributed by atoms with E-state index in [1.807, 2.05) is 18.2 Å². The molecule has 2 rings (SSSR count). The predicted molar refractivity (Wildman–Crippen MR) is 70.8 cm³/mol. The SMILES string of the molecule is CNc1ncc(F)c(Oc2ccccc2I)n1. The lowest BCUT2D eigenvalue weighted by Gasteiger charge is -2.08. The number of hydrogen-bond acceptors (Lipinski definition) is 4. The molecular weight excluding hydrogens is 336 g/mol. The van der Waals surface area contributed by atoms with Gasteiger partial charge in [-0.1, -0.05) is 12.1 Å². The third kappa shape index (κ3) is 2.82. The zero-order chi connectivity index (χ0) is 12.3. The highest BCUT2D eigenvalue weighted by molar-refractivity contribution is 14.1. The monoisotopic (exact) mass is 345 g/mol. The van der Waals surface area contributed by atoms with Crippen LogP contribution in [0.2, 0.25) is 0 Å². The Labute approximate surface area is 111 Å². The Kier molecular flexibility index (Phi) is 3.72. The molecule has 2 aromatic rings. The first-order valence-corrected chi connectivity index (χ1v) is 5.91. The smallest absolute Gasteiger partial charge is 0.260 e. The molecule has 0 atom stereocenters. The second-order valence-electron chi connectivity index (χ2n) is 3.13. The highest BCUT2D eigenvalue weighted by Crippen LogP contribution is 2.26. The first-order chi connectivity index (χ1) is 8.20. The van der Waals surface area contributed by atoms with Gasteiger partial charge in [0.2, 0.25) is 11.8 Å². The molecule has 0 spiro atoms. The number of halogens is 2. The van der Waals surface area contributed by atoms with Gasteiger partial charge in [0, 0.05) is 7.05 Å². The fourth-order valence-corrected chi connectivity index (χ4v) is 1.67. The molecule has 0 saturated heterocycles. The number of ether oxygens (including phenoxy) is 1. The Bertz CT molecular complexity index is 536. The molecule has 1 N–H and O–H groups in total.